The summed E-state index contributed by atoms with van der Waals surface area (Å²) >= 11 is 0. The molecular weight excluding hydrogens is 124 g/mol. The summed E-state index contributed by atoms with van der Waals surface area (Å²) in [4.78, 5) is 0. The van der Waals surface area contributed by atoms with Gasteiger partial charge in [0, 0.05) is 0 Å². The fourth-order valence-corrected chi connectivity index (χ4v) is 1.06. The molecule has 0 radical (unpaired) electrons. The van der Waals surface area contributed by atoms with E-state index in [9.17, 15) is 0 Å². The second-order valence-electron chi connectivity index (χ2n) is 2.24. The average molecular weight is 136 g/mol. The highest BCUT2D eigenvalue weighted by Gasteiger charge is 2.03. The maximum Gasteiger partial charge on any atom is 0.121 e. The minimum absolute atomic E-state index is 0.959. The lowest BCUT2D eigenvalue weighted by molar-refractivity contribution is 0.300. The molecule has 0 saturated heterocycles. The van der Waals surface area contributed by atoms with Gasteiger partial charge in [0.1, 0.15) is 5.76 Å². The summed E-state index contributed by atoms with van der Waals surface area (Å²) in [6, 6.07) is 0. The summed E-state index contributed by atoms with van der Waals surface area (Å²) in [7, 11) is 1.69. The first-order chi connectivity index (χ1) is 4.88. The highest BCUT2D eigenvalue weighted by molar-refractivity contribution is 5.31. The van der Waals surface area contributed by atoms with Gasteiger partial charge in [-0.05, 0) is 24.5 Å². The molecule has 0 saturated carbocycles. The van der Waals surface area contributed by atoms with Crippen LogP contribution in [-0.2, 0) is 4.74 Å². The number of hydrogen-bond donors (Lipinski definition) is 0. The molecule has 54 valence electrons. The van der Waals surface area contributed by atoms with Crippen molar-refractivity contribution in [3.63, 3.8) is 0 Å². The summed E-state index contributed by atoms with van der Waals surface area (Å²) in [5.74, 6) is 0.959. The van der Waals surface area contributed by atoms with Crippen molar-refractivity contribution in [2.24, 2.45) is 0 Å². The lowest BCUT2D eigenvalue weighted by Crippen LogP contribution is -1.93. The molecule has 10 heavy (non-hydrogen) atoms. The Hall–Kier alpha value is -0.980. The molecule has 0 aromatic carbocycles. The first kappa shape index (κ1) is 7.13. The molecular formula is C9H12O. The molecule has 0 amide bonds. The van der Waals surface area contributed by atoms with E-state index >= 15 is 0 Å². The molecule has 0 unspecified atom stereocenters. The molecule has 1 aliphatic rings. The van der Waals surface area contributed by atoms with Crippen molar-refractivity contribution in [2.45, 2.75) is 12.8 Å². The second-order valence-corrected chi connectivity index (χ2v) is 2.24. The maximum absolute atomic E-state index is 5.12. The van der Waals surface area contributed by atoms with Gasteiger partial charge in [-0.1, -0.05) is 18.7 Å². The van der Waals surface area contributed by atoms with Gasteiger partial charge in [-0.15, -0.1) is 0 Å². The summed E-state index contributed by atoms with van der Waals surface area (Å²) in [5, 5.41) is 0. The second kappa shape index (κ2) is 3.25. The summed E-state index contributed by atoms with van der Waals surface area (Å²) in [5.41, 5.74) is 1.21. The Labute approximate surface area is 61.7 Å². The molecule has 1 heteroatoms. The first-order valence-corrected chi connectivity index (χ1v) is 3.44. The zero-order valence-electron chi connectivity index (χ0n) is 6.26. The Morgan fingerprint density at radius 3 is 3.00 bits per heavy atom. The molecule has 0 fully saturated rings. The van der Waals surface area contributed by atoms with Gasteiger partial charge in [0.05, 0.1) is 7.11 Å². The molecule has 0 spiro atoms. The van der Waals surface area contributed by atoms with Gasteiger partial charge >= 0.3 is 0 Å². The van der Waals surface area contributed by atoms with Crippen molar-refractivity contribution in [2.75, 3.05) is 7.11 Å². The van der Waals surface area contributed by atoms with Crippen molar-refractivity contribution >= 4 is 0 Å². The van der Waals surface area contributed by atoms with E-state index in [1.54, 1.807) is 7.11 Å². The van der Waals surface area contributed by atoms with Crippen molar-refractivity contribution in [1.82, 2.24) is 0 Å². The molecule has 0 aliphatic heterocycles. The summed E-state index contributed by atoms with van der Waals surface area (Å²) in [6.07, 6.45) is 8.14. The Morgan fingerprint density at radius 1 is 1.70 bits per heavy atom. The van der Waals surface area contributed by atoms with E-state index in [2.05, 4.69) is 12.7 Å². The lowest BCUT2D eigenvalue weighted by atomic mass is 10.0. The highest BCUT2D eigenvalue weighted by atomic mass is 16.5. The van der Waals surface area contributed by atoms with Crippen molar-refractivity contribution < 1.29 is 4.74 Å². The topological polar surface area (TPSA) is 9.23 Å². The van der Waals surface area contributed by atoms with Crippen LogP contribution in [0.15, 0.2) is 36.1 Å². The number of rotatable bonds is 2. The molecule has 1 rings (SSSR count). The van der Waals surface area contributed by atoms with E-state index < -0.39 is 0 Å². The minimum atomic E-state index is 0.959. The number of hydrogen-bond acceptors (Lipinski definition) is 1. The maximum atomic E-state index is 5.12. The van der Waals surface area contributed by atoms with Crippen LogP contribution in [0.1, 0.15) is 12.8 Å². The van der Waals surface area contributed by atoms with Crippen molar-refractivity contribution in [1.29, 1.82) is 0 Å². The molecule has 0 heterocycles. The van der Waals surface area contributed by atoms with E-state index in [0.717, 1.165) is 18.6 Å². The zero-order chi connectivity index (χ0) is 7.40. The van der Waals surface area contributed by atoms with Crippen molar-refractivity contribution in [3.8, 4) is 0 Å². The Balaban J connectivity index is 2.83. The summed E-state index contributed by atoms with van der Waals surface area (Å²) in [6.45, 7) is 3.71. The molecule has 0 aromatic heterocycles. The molecule has 0 N–H and O–H groups in total. The van der Waals surface area contributed by atoms with Gasteiger partial charge in [0.25, 0.3) is 0 Å². The third-order valence-corrected chi connectivity index (χ3v) is 1.63. The lowest BCUT2D eigenvalue weighted by Gasteiger charge is -2.10. The van der Waals surface area contributed by atoms with Crippen LogP contribution in [0.3, 0.4) is 0 Å². The standard InChI is InChI=1S/C9H12O/c1-3-8-6-4-5-7-9(8)10-2/h3,5,7H,1,4,6H2,2H3. The third-order valence-electron chi connectivity index (χ3n) is 1.63. The van der Waals surface area contributed by atoms with E-state index in [0.29, 0.717) is 0 Å². The van der Waals surface area contributed by atoms with Gasteiger partial charge < -0.3 is 4.74 Å². The van der Waals surface area contributed by atoms with Crippen LogP contribution in [0.4, 0.5) is 0 Å². The van der Waals surface area contributed by atoms with Crippen LogP contribution in [0.25, 0.3) is 0 Å². The number of ether oxygens (including phenoxy) is 1. The highest BCUT2D eigenvalue weighted by Crippen LogP contribution is 2.19. The third kappa shape index (κ3) is 1.29. The molecule has 0 atom stereocenters. The SMILES string of the molecule is C=CC1=C(OC)C=CCC1. The Morgan fingerprint density at radius 2 is 2.50 bits per heavy atom. The van der Waals surface area contributed by atoms with Gasteiger partial charge in [-0.25, -0.2) is 0 Å². The van der Waals surface area contributed by atoms with Crippen LogP contribution in [-0.4, -0.2) is 7.11 Å². The molecule has 1 nitrogen and oxygen atoms in total. The zero-order valence-corrected chi connectivity index (χ0v) is 6.26. The predicted octanol–water partition coefficient (Wildman–Crippen LogP) is 2.42. The fourth-order valence-electron chi connectivity index (χ4n) is 1.06. The van der Waals surface area contributed by atoms with Crippen molar-refractivity contribution in [3.05, 3.63) is 36.1 Å². The Kier molecular flexibility index (Phi) is 2.32. The normalized spacial score (nSPS) is 17.3. The van der Waals surface area contributed by atoms with Crippen LogP contribution < -0.4 is 0 Å². The van der Waals surface area contributed by atoms with E-state index in [4.69, 9.17) is 4.74 Å². The van der Waals surface area contributed by atoms with Crippen LogP contribution in [0.5, 0.6) is 0 Å². The van der Waals surface area contributed by atoms with E-state index in [-0.39, 0.29) is 0 Å². The molecule has 1 aliphatic carbocycles. The molecule has 0 bridgehead atoms. The van der Waals surface area contributed by atoms with E-state index in [1.807, 2.05) is 12.2 Å². The minimum Gasteiger partial charge on any atom is -0.496 e. The summed E-state index contributed by atoms with van der Waals surface area (Å²) < 4.78 is 5.12. The largest absolute Gasteiger partial charge is 0.496 e. The molecule has 0 aromatic rings. The predicted molar refractivity (Wildman–Crippen MR) is 42.6 cm³/mol. The number of methoxy groups -OCH3 is 1. The van der Waals surface area contributed by atoms with Gasteiger partial charge in [-0.3, -0.25) is 0 Å². The average Bonchev–Trinajstić information content (AvgIpc) is 2.04. The van der Waals surface area contributed by atoms with Crippen LogP contribution >= 0.6 is 0 Å². The van der Waals surface area contributed by atoms with E-state index in [1.165, 1.54) is 5.57 Å². The van der Waals surface area contributed by atoms with Gasteiger partial charge in [0.2, 0.25) is 0 Å². The monoisotopic (exact) mass is 136 g/mol. The fraction of sp³-hybridized carbons (Fsp3) is 0.333. The Bertz CT molecular complexity index is 187. The van der Waals surface area contributed by atoms with Gasteiger partial charge in [-0.2, -0.15) is 0 Å². The quantitative estimate of drug-likeness (QED) is 0.566. The van der Waals surface area contributed by atoms with Gasteiger partial charge in [0.15, 0.2) is 0 Å². The van der Waals surface area contributed by atoms with Crippen LogP contribution in [0.2, 0.25) is 0 Å². The first-order valence-electron chi connectivity index (χ1n) is 3.44. The van der Waals surface area contributed by atoms with Crippen LogP contribution in [0, 0.1) is 0 Å². The smallest absolute Gasteiger partial charge is 0.121 e. The number of allylic oxidation sites excluding steroid dienone is 4.